The minimum Gasteiger partial charge on any atom is -0.462 e. The minimum atomic E-state index is -0.463. The van der Waals surface area contributed by atoms with Gasteiger partial charge in [0, 0.05) is 0 Å². The molecule has 0 aliphatic heterocycles. The van der Waals surface area contributed by atoms with E-state index in [1.54, 1.807) is 19.1 Å². The summed E-state index contributed by atoms with van der Waals surface area (Å²) in [4.78, 5) is 23.0. The van der Waals surface area contributed by atoms with E-state index >= 15 is 0 Å². The summed E-state index contributed by atoms with van der Waals surface area (Å²) in [5.41, 5.74) is 4.94. The number of hydrogen-bond donors (Lipinski definition) is 1. The second kappa shape index (κ2) is 5.93. The van der Waals surface area contributed by atoms with Gasteiger partial charge < -0.3 is 10.5 Å². The molecule has 0 unspecified atom stereocenters. The van der Waals surface area contributed by atoms with Gasteiger partial charge in [0.25, 0.3) is 0 Å². The maximum atomic E-state index is 11.3. The van der Waals surface area contributed by atoms with Crippen molar-refractivity contribution in [2.75, 3.05) is 6.61 Å². The van der Waals surface area contributed by atoms with Crippen LogP contribution in [-0.4, -0.2) is 18.5 Å². The molecule has 0 fully saturated rings. The van der Waals surface area contributed by atoms with Gasteiger partial charge in [0.2, 0.25) is 5.91 Å². The van der Waals surface area contributed by atoms with Gasteiger partial charge in [-0.2, -0.15) is 0 Å². The average Bonchev–Trinajstić information content (AvgIpc) is 2.66. The summed E-state index contributed by atoms with van der Waals surface area (Å²) in [6.07, 6.45) is 0.0205. The van der Waals surface area contributed by atoms with E-state index in [9.17, 15) is 9.59 Å². The molecule has 1 aromatic heterocycles. The van der Waals surface area contributed by atoms with Gasteiger partial charge >= 0.3 is 5.97 Å². The van der Waals surface area contributed by atoms with Crippen LogP contribution in [0.2, 0.25) is 0 Å². The molecule has 1 amide bonds. The number of primary amides is 1. The first-order chi connectivity index (χ1) is 7.63. The second-order valence-corrected chi connectivity index (χ2v) is 3.91. The van der Waals surface area contributed by atoms with E-state index in [0.717, 1.165) is 0 Å². The number of rotatable bonds is 3. The molecule has 0 saturated heterocycles. The Morgan fingerprint density at radius 3 is 2.88 bits per heavy atom. The van der Waals surface area contributed by atoms with Crippen molar-refractivity contribution in [3.8, 4) is 11.8 Å². The Morgan fingerprint density at radius 1 is 1.50 bits per heavy atom. The topological polar surface area (TPSA) is 69.4 Å². The number of nitrogens with two attached hydrogens (primary N) is 1. The first kappa shape index (κ1) is 12.3. The van der Waals surface area contributed by atoms with E-state index < -0.39 is 5.91 Å². The fraction of sp³-hybridized carbons (Fsp3) is 0.273. The highest BCUT2D eigenvalue weighted by atomic mass is 32.1. The highest BCUT2D eigenvalue weighted by molar-refractivity contribution is 7.14. The molecule has 0 atom stereocenters. The lowest BCUT2D eigenvalue weighted by Crippen LogP contribution is -2.08. The fourth-order valence-corrected chi connectivity index (χ4v) is 1.71. The molecule has 0 spiro atoms. The first-order valence-corrected chi connectivity index (χ1v) is 5.49. The molecule has 0 aromatic carbocycles. The number of amides is 1. The molecule has 0 bridgehead atoms. The van der Waals surface area contributed by atoms with Crippen LogP contribution < -0.4 is 5.73 Å². The summed E-state index contributed by atoms with van der Waals surface area (Å²) in [7, 11) is 0. The fourth-order valence-electron chi connectivity index (χ4n) is 0.935. The molecule has 1 aromatic rings. The summed E-state index contributed by atoms with van der Waals surface area (Å²) >= 11 is 1.23. The lowest BCUT2D eigenvalue weighted by molar-refractivity contribution is -0.117. The summed E-state index contributed by atoms with van der Waals surface area (Å²) in [6, 6.07) is 3.36. The molecule has 84 valence electrons. The zero-order chi connectivity index (χ0) is 12.0. The van der Waals surface area contributed by atoms with Crippen LogP contribution in [0.5, 0.6) is 0 Å². The van der Waals surface area contributed by atoms with Crippen molar-refractivity contribution in [1.82, 2.24) is 0 Å². The van der Waals surface area contributed by atoms with Gasteiger partial charge in [-0.05, 0) is 19.1 Å². The Hall–Kier alpha value is -1.80. The van der Waals surface area contributed by atoms with Crippen LogP contribution in [0, 0.1) is 11.8 Å². The lowest BCUT2D eigenvalue weighted by Gasteiger charge is -1.95. The highest BCUT2D eigenvalue weighted by Crippen LogP contribution is 2.16. The number of ether oxygens (including phenoxy) is 1. The maximum Gasteiger partial charge on any atom is 0.348 e. The number of esters is 1. The van der Waals surface area contributed by atoms with Crippen molar-refractivity contribution in [3.05, 3.63) is 21.9 Å². The van der Waals surface area contributed by atoms with Gasteiger partial charge in [-0.1, -0.05) is 11.8 Å². The number of carbonyl (C=O) groups is 2. The predicted octanol–water partition coefficient (Wildman–Crippen LogP) is 1.15. The van der Waals surface area contributed by atoms with Crippen molar-refractivity contribution >= 4 is 23.2 Å². The predicted molar refractivity (Wildman–Crippen MR) is 61.0 cm³/mol. The Bertz CT molecular complexity index is 453. The summed E-state index contributed by atoms with van der Waals surface area (Å²) in [5, 5.41) is 0. The van der Waals surface area contributed by atoms with Crippen LogP contribution in [0.15, 0.2) is 12.1 Å². The Balaban J connectivity index is 2.66. The highest BCUT2D eigenvalue weighted by Gasteiger charge is 2.08. The van der Waals surface area contributed by atoms with Gasteiger partial charge in [-0.15, -0.1) is 11.3 Å². The summed E-state index contributed by atoms with van der Waals surface area (Å²) in [6.45, 7) is 2.10. The van der Waals surface area contributed by atoms with E-state index in [4.69, 9.17) is 10.5 Å². The summed E-state index contributed by atoms with van der Waals surface area (Å²) in [5.74, 6) is 4.56. The third-order valence-electron chi connectivity index (χ3n) is 1.56. The van der Waals surface area contributed by atoms with E-state index in [-0.39, 0.29) is 12.4 Å². The molecule has 0 saturated carbocycles. The molecule has 16 heavy (non-hydrogen) atoms. The Kier molecular flexibility index (Phi) is 4.55. The number of thiophene rings is 1. The normalized spacial score (nSPS) is 9.06. The van der Waals surface area contributed by atoms with Crippen molar-refractivity contribution in [1.29, 1.82) is 0 Å². The zero-order valence-electron chi connectivity index (χ0n) is 8.78. The van der Waals surface area contributed by atoms with Crippen LogP contribution in [-0.2, 0) is 9.53 Å². The van der Waals surface area contributed by atoms with Crippen molar-refractivity contribution < 1.29 is 14.3 Å². The van der Waals surface area contributed by atoms with Crippen LogP contribution in [0.3, 0.4) is 0 Å². The largest absolute Gasteiger partial charge is 0.462 e. The standard InChI is InChI=1S/C11H11NO3S/c1-2-15-11(14)9-7-6-8(16-9)4-3-5-10(12)13/h6-7H,2,5H2,1H3,(H2,12,13). The van der Waals surface area contributed by atoms with Gasteiger partial charge in [-0.25, -0.2) is 4.79 Å². The molecule has 5 heteroatoms. The molecule has 4 nitrogen and oxygen atoms in total. The summed E-state index contributed by atoms with van der Waals surface area (Å²) < 4.78 is 4.83. The molecule has 1 heterocycles. The van der Waals surface area contributed by atoms with E-state index in [0.29, 0.717) is 16.4 Å². The maximum absolute atomic E-state index is 11.3. The van der Waals surface area contributed by atoms with Crippen molar-refractivity contribution in [3.63, 3.8) is 0 Å². The van der Waals surface area contributed by atoms with E-state index in [1.165, 1.54) is 11.3 Å². The smallest absolute Gasteiger partial charge is 0.348 e. The molecule has 1 rings (SSSR count). The molecule has 0 radical (unpaired) electrons. The van der Waals surface area contributed by atoms with Crippen LogP contribution in [0.25, 0.3) is 0 Å². The third-order valence-corrected chi connectivity index (χ3v) is 2.54. The van der Waals surface area contributed by atoms with Gasteiger partial charge in [0.15, 0.2) is 0 Å². The molecule has 2 N–H and O–H groups in total. The van der Waals surface area contributed by atoms with Crippen molar-refractivity contribution in [2.45, 2.75) is 13.3 Å². The van der Waals surface area contributed by atoms with E-state index in [1.807, 2.05) is 0 Å². The molecule has 0 aliphatic rings. The Morgan fingerprint density at radius 2 is 2.25 bits per heavy atom. The Labute approximate surface area is 97.4 Å². The van der Waals surface area contributed by atoms with Gasteiger partial charge in [-0.3, -0.25) is 4.79 Å². The lowest BCUT2D eigenvalue weighted by atomic mass is 10.4. The van der Waals surface area contributed by atoms with E-state index in [2.05, 4.69) is 11.8 Å². The zero-order valence-corrected chi connectivity index (χ0v) is 9.60. The SMILES string of the molecule is CCOC(=O)c1ccc(C#CCC(N)=O)s1. The van der Waals surface area contributed by atoms with Gasteiger partial charge in [0.1, 0.15) is 4.88 Å². The van der Waals surface area contributed by atoms with Gasteiger partial charge in [0.05, 0.1) is 17.9 Å². The van der Waals surface area contributed by atoms with Crippen molar-refractivity contribution in [2.24, 2.45) is 5.73 Å². The number of hydrogen-bond acceptors (Lipinski definition) is 4. The molecular weight excluding hydrogens is 226 g/mol. The van der Waals surface area contributed by atoms with Crippen LogP contribution >= 0.6 is 11.3 Å². The third kappa shape index (κ3) is 3.75. The molecular formula is C11H11NO3S. The minimum absolute atomic E-state index is 0.0205. The second-order valence-electron chi connectivity index (χ2n) is 2.83. The van der Waals surface area contributed by atoms with Crippen LogP contribution in [0.1, 0.15) is 27.9 Å². The number of carbonyl (C=O) groups excluding carboxylic acids is 2. The van der Waals surface area contributed by atoms with Crippen LogP contribution in [0.4, 0.5) is 0 Å². The first-order valence-electron chi connectivity index (χ1n) is 4.67. The average molecular weight is 237 g/mol. The molecule has 0 aliphatic carbocycles. The monoisotopic (exact) mass is 237 g/mol. The quantitative estimate of drug-likeness (QED) is 0.633.